The lowest BCUT2D eigenvalue weighted by molar-refractivity contribution is -0.0262. The van der Waals surface area contributed by atoms with Gasteiger partial charge in [0.15, 0.2) is 0 Å². The molecule has 0 spiro atoms. The van der Waals surface area contributed by atoms with E-state index in [1.54, 1.807) is 6.20 Å². The number of nitrogens with one attached hydrogen (secondary N) is 1. The lowest BCUT2D eigenvalue weighted by Crippen LogP contribution is -2.45. The number of aliphatic hydroxyl groups is 1. The van der Waals surface area contributed by atoms with E-state index in [0.29, 0.717) is 19.6 Å². The molecule has 0 radical (unpaired) electrons. The van der Waals surface area contributed by atoms with Crippen molar-refractivity contribution in [2.75, 3.05) is 13.2 Å². The Morgan fingerprint density at radius 2 is 2.35 bits per heavy atom. The minimum atomic E-state index is -0.738. The van der Waals surface area contributed by atoms with E-state index in [1.165, 1.54) is 5.56 Å². The third-order valence-corrected chi connectivity index (χ3v) is 4.09. The average Bonchev–Trinajstić information content (AvgIpc) is 2.79. The van der Waals surface area contributed by atoms with Crippen molar-refractivity contribution in [1.82, 2.24) is 10.3 Å². The summed E-state index contributed by atoms with van der Waals surface area (Å²) in [5.74, 6) is 0. The fourth-order valence-corrected chi connectivity index (χ4v) is 2.66. The number of ether oxygens (including phenoxy) is 1. The van der Waals surface area contributed by atoms with E-state index in [2.05, 4.69) is 28.5 Å². The molecule has 1 aliphatic heterocycles. The Kier molecular flexibility index (Phi) is 3.70. The summed E-state index contributed by atoms with van der Waals surface area (Å²) in [6, 6.07) is 10.2. The molecule has 0 amide bonds. The first-order chi connectivity index (χ1) is 9.67. The molecule has 4 nitrogen and oxygen atoms in total. The number of pyridine rings is 1. The Hall–Kier alpha value is -1.49. The maximum atomic E-state index is 10.4. The fraction of sp³-hybridized carbons (Fsp3) is 0.438. The van der Waals surface area contributed by atoms with Crippen LogP contribution in [0.25, 0.3) is 10.9 Å². The molecular formula is C16H20N2O2. The standard InChI is InChI=1S/C16H20N2O2/c1-12-16(19,6-8-20-12)11-17-10-13-4-5-15-14(9-13)3-2-7-18-15/h2-5,7,9,12,17,19H,6,8,10-11H2,1H3. The summed E-state index contributed by atoms with van der Waals surface area (Å²) in [4.78, 5) is 4.31. The van der Waals surface area contributed by atoms with Crippen LogP contribution in [0.1, 0.15) is 18.9 Å². The number of hydrogen-bond donors (Lipinski definition) is 2. The van der Waals surface area contributed by atoms with E-state index in [9.17, 15) is 5.11 Å². The van der Waals surface area contributed by atoms with Crippen LogP contribution in [0.4, 0.5) is 0 Å². The highest BCUT2D eigenvalue weighted by Gasteiger charge is 2.38. The van der Waals surface area contributed by atoms with Crippen LogP contribution in [-0.4, -0.2) is 34.9 Å². The number of rotatable bonds is 4. The molecule has 1 aromatic heterocycles. The van der Waals surface area contributed by atoms with E-state index in [0.717, 1.165) is 17.4 Å². The number of aromatic nitrogens is 1. The fourth-order valence-electron chi connectivity index (χ4n) is 2.66. The predicted octanol–water partition coefficient (Wildman–Crippen LogP) is 1.86. The van der Waals surface area contributed by atoms with Gasteiger partial charge in [0.25, 0.3) is 0 Å². The van der Waals surface area contributed by atoms with Gasteiger partial charge in [-0.25, -0.2) is 0 Å². The molecule has 0 aliphatic carbocycles. The van der Waals surface area contributed by atoms with Crippen molar-refractivity contribution >= 4 is 10.9 Å². The van der Waals surface area contributed by atoms with Crippen LogP contribution in [0.3, 0.4) is 0 Å². The van der Waals surface area contributed by atoms with Crippen molar-refractivity contribution in [2.45, 2.75) is 31.6 Å². The van der Waals surface area contributed by atoms with Crippen LogP contribution in [0.15, 0.2) is 36.5 Å². The van der Waals surface area contributed by atoms with Gasteiger partial charge in [0.05, 0.1) is 11.6 Å². The molecule has 2 atom stereocenters. The van der Waals surface area contributed by atoms with E-state index in [1.807, 2.05) is 19.1 Å². The Balaban J connectivity index is 1.62. The lowest BCUT2D eigenvalue weighted by atomic mass is 9.96. The van der Waals surface area contributed by atoms with Gasteiger partial charge < -0.3 is 15.2 Å². The highest BCUT2D eigenvalue weighted by Crippen LogP contribution is 2.24. The maximum absolute atomic E-state index is 10.4. The zero-order chi connectivity index (χ0) is 14.0. The van der Waals surface area contributed by atoms with Crippen LogP contribution in [0.5, 0.6) is 0 Å². The highest BCUT2D eigenvalue weighted by molar-refractivity contribution is 5.78. The van der Waals surface area contributed by atoms with E-state index in [4.69, 9.17) is 4.74 Å². The second kappa shape index (κ2) is 5.48. The average molecular weight is 272 g/mol. The molecule has 1 aromatic carbocycles. The topological polar surface area (TPSA) is 54.4 Å². The van der Waals surface area contributed by atoms with Crippen molar-refractivity contribution in [2.24, 2.45) is 0 Å². The molecule has 2 N–H and O–H groups in total. The largest absolute Gasteiger partial charge is 0.386 e. The highest BCUT2D eigenvalue weighted by atomic mass is 16.5. The molecule has 0 bridgehead atoms. The smallest absolute Gasteiger partial charge is 0.105 e. The third kappa shape index (κ3) is 2.68. The molecule has 2 heterocycles. The van der Waals surface area contributed by atoms with Gasteiger partial charge >= 0.3 is 0 Å². The first kappa shape index (κ1) is 13.5. The van der Waals surface area contributed by atoms with Gasteiger partial charge in [-0.2, -0.15) is 0 Å². The summed E-state index contributed by atoms with van der Waals surface area (Å²) < 4.78 is 5.43. The van der Waals surface area contributed by atoms with Gasteiger partial charge in [-0.3, -0.25) is 4.98 Å². The molecule has 1 saturated heterocycles. The quantitative estimate of drug-likeness (QED) is 0.892. The summed E-state index contributed by atoms with van der Waals surface area (Å²) in [5.41, 5.74) is 1.46. The Morgan fingerprint density at radius 3 is 3.15 bits per heavy atom. The number of hydrogen-bond acceptors (Lipinski definition) is 4. The summed E-state index contributed by atoms with van der Waals surface area (Å²) in [6.45, 7) is 3.86. The predicted molar refractivity (Wildman–Crippen MR) is 78.4 cm³/mol. The molecule has 2 aromatic rings. The van der Waals surface area contributed by atoms with Crippen molar-refractivity contribution < 1.29 is 9.84 Å². The Morgan fingerprint density at radius 1 is 1.45 bits per heavy atom. The minimum absolute atomic E-state index is 0.101. The van der Waals surface area contributed by atoms with Crippen molar-refractivity contribution in [3.63, 3.8) is 0 Å². The van der Waals surface area contributed by atoms with Crippen molar-refractivity contribution in [3.8, 4) is 0 Å². The van der Waals surface area contributed by atoms with Gasteiger partial charge in [0.2, 0.25) is 0 Å². The summed E-state index contributed by atoms with van der Waals surface area (Å²) >= 11 is 0. The summed E-state index contributed by atoms with van der Waals surface area (Å²) in [7, 11) is 0. The van der Waals surface area contributed by atoms with Gasteiger partial charge in [0.1, 0.15) is 5.60 Å². The van der Waals surface area contributed by atoms with Gasteiger partial charge in [-0.1, -0.05) is 12.1 Å². The molecule has 20 heavy (non-hydrogen) atoms. The van der Waals surface area contributed by atoms with Crippen molar-refractivity contribution in [3.05, 3.63) is 42.1 Å². The minimum Gasteiger partial charge on any atom is -0.386 e. The Bertz CT molecular complexity index is 602. The van der Waals surface area contributed by atoms with Gasteiger partial charge in [-0.15, -0.1) is 0 Å². The van der Waals surface area contributed by atoms with Crippen LogP contribution < -0.4 is 5.32 Å². The molecule has 1 aliphatic rings. The monoisotopic (exact) mass is 272 g/mol. The zero-order valence-electron chi connectivity index (χ0n) is 11.7. The molecule has 3 rings (SSSR count). The van der Waals surface area contributed by atoms with E-state index >= 15 is 0 Å². The second-order valence-electron chi connectivity index (χ2n) is 5.50. The van der Waals surface area contributed by atoms with Crippen LogP contribution in [0, 0.1) is 0 Å². The van der Waals surface area contributed by atoms with Crippen LogP contribution in [0.2, 0.25) is 0 Å². The Labute approximate surface area is 118 Å². The molecular weight excluding hydrogens is 252 g/mol. The molecule has 106 valence electrons. The van der Waals surface area contributed by atoms with Gasteiger partial charge in [-0.05, 0) is 30.7 Å². The summed E-state index contributed by atoms with van der Waals surface area (Å²) in [6.07, 6.45) is 2.40. The van der Waals surface area contributed by atoms with E-state index < -0.39 is 5.60 Å². The van der Waals surface area contributed by atoms with Gasteiger partial charge in [0, 0.05) is 37.7 Å². The molecule has 1 fully saturated rings. The maximum Gasteiger partial charge on any atom is 0.105 e. The van der Waals surface area contributed by atoms with Crippen molar-refractivity contribution in [1.29, 1.82) is 0 Å². The second-order valence-corrected chi connectivity index (χ2v) is 5.50. The first-order valence-corrected chi connectivity index (χ1v) is 7.06. The first-order valence-electron chi connectivity index (χ1n) is 7.06. The number of fused-ring (bicyclic) bond motifs is 1. The SMILES string of the molecule is CC1OCCC1(O)CNCc1ccc2ncccc2c1. The third-order valence-electron chi connectivity index (χ3n) is 4.09. The number of nitrogens with zero attached hydrogens (tertiary/aromatic N) is 1. The van der Waals surface area contributed by atoms with Crippen LogP contribution in [-0.2, 0) is 11.3 Å². The zero-order valence-corrected chi connectivity index (χ0v) is 11.7. The number of benzene rings is 1. The normalized spacial score (nSPS) is 26.2. The molecule has 2 unspecified atom stereocenters. The van der Waals surface area contributed by atoms with Crippen LogP contribution >= 0.6 is 0 Å². The van der Waals surface area contributed by atoms with E-state index in [-0.39, 0.29) is 6.10 Å². The summed E-state index contributed by atoms with van der Waals surface area (Å²) in [5, 5.41) is 14.9. The lowest BCUT2D eigenvalue weighted by Gasteiger charge is -2.26. The molecule has 4 heteroatoms. The molecule has 0 saturated carbocycles.